The number of halogens is 1. The Bertz CT molecular complexity index is 72.1. The molecule has 3 heteroatoms. The molecule has 0 bridgehead atoms. The topological polar surface area (TPSA) is 17.1 Å². The highest BCUT2D eigenvalue weighted by Crippen LogP contribution is 2.04. The molecule has 0 unspecified atom stereocenters. The van der Waals surface area contributed by atoms with Crippen LogP contribution in [0.2, 0.25) is 5.54 Å². The molecule has 0 aliphatic rings. The van der Waals surface area contributed by atoms with E-state index in [1.54, 1.807) is 0 Å². The van der Waals surface area contributed by atoms with Gasteiger partial charge in [-0.25, -0.2) is 0 Å². The second kappa shape index (κ2) is 3.21. The number of rotatable bonds is 2. The molecule has 0 aromatic heterocycles. The van der Waals surface area contributed by atoms with Crippen LogP contribution in [0.4, 0.5) is 0 Å². The lowest BCUT2D eigenvalue weighted by atomic mass is 10.4. The summed E-state index contributed by atoms with van der Waals surface area (Å²) in [6, 6.07) is 0. The molecule has 0 saturated heterocycles. The van der Waals surface area contributed by atoms with Crippen molar-refractivity contribution in [2.75, 3.05) is 0 Å². The summed E-state index contributed by atoms with van der Waals surface area (Å²) in [6.45, 7) is 1.87. The Morgan fingerprint density at radius 2 is 2.43 bits per heavy atom. The van der Waals surface area contributed by atoms with Crippen molar-refractivity contribution in [1.29, 1.82) is 0 Å². The van der Waals surface area contributed by atoms with Crippen molar-refractivity contribution in [3.8, 4) is 0 Å². The minimum atomic E-state index is -0.289. The monoisotopic (exact) mass is 133 g/mol. The van der Waals surface area contributed by atoms with Gasteiger partial charge in [-0.2, -0.15) is 0 Å². The number of hydrogen-bond acceptors (Lipinski definition) is 1. The fourth-order valence-corrected chi connectivity index (χ4v) is 0.787. The third kappa shape index (κ3) is 6.18. The summed E-state index contributed by atoms with van der Waals surface area (Å²) in [6.07, 6.45) is 0.401. The molecular weight excluding hydrogens is 128 g/mol. The average molecular weight is 134 g/mol. The summed E-state index contributed by atoms with van der Waals surface area (Å²) in [7, 11) is 3.21. The van der Waals surface area contributed by atoms with Gasteiger partial charge in [-0.1, -0.05) is 6.92 Å². The molecule has 39 valence electrons. The van der Waals surface area contributed by atoms with Crippen molar-refractivity contribution in [2.24, 2.45) is 0 Å². The predicted molar refractivity (Wildman–Crippen MR) is 30.7 cm³/mol. The van der Waals surface area contributed by atoms with Crippen molar-refractivity contribution >= 4 is 27.1 Å². The molecule has 1 atom stereocenters. The van der Waals surface area contributed by atoms with Gasteiger partial charge in [0.2, 0.25) is 5.24 Å². The Morgan fingerprint density at radius 1 is 2.00 bits per heavy atom. The Kier molecular flexibility index (Phi) is 3.30. The average Bonchev–Trinajstić information content (AvgIpc) is 1.27. The van der Waals surface area contributed by atoms with E-state index in [1.165, 1.54) is 0 Å². The first-order valence-corrected chi connectivity index (χ1v) is 2.98. The first-order chi connectivity index (χ1) is 3.13. The summed E-state index contributed by atoms with van der Waals surface area (Å²) in [5, 5.41) is -0.289. The van der Waals surface area contributed by atoms with Crippen LogP contribution in [0.25, 0.3) is 0 Å². The van der Waals surface area contributed by atoms with Crippen molar-refractivity contribution < 1.29 is 4.79 Å². The maximum Gasteiger partial charge on any atom is 0.221 e. The van der Waals surface area contributed by atoms with Crippen molar-refractivity contribution in [2.45, 2.75) is 18.9 Å². The summed E-state index contributed by atoms with van der Waals surface area (Å²) in [5.74, 6) is 0. The van der Waals surface area contributed by atoms with Crippen molar-refractivity contribution in [1.82, 2.24) is 0 Å². The van der Waals surface area contributed by atoms with Gasteiger partial charge in [0.05, 0.1) is 0 Å². The Morgan fingerprint density at radius 3 is 2.43 bits per heavy atom. The molecule has 0 aromatic carbocycles. The van der Waals surface area contributed by atoms with Gasteiger partial charge in [0, 0.05) is 16.7 Å². The van der Waals surface area contributed by atoms with Gasteiger partial charge in [0.15, 0.2) is 0 Å². The second-order valence-electron chi connectivity index (χ2n) is 1.46. The lowest BCUT2D eigenvalue weighted by molar-refractivity contribution is -0.111. The molecule has 0 spiro atoms. The molecule has 7 heavy (non-hydrogen) atoms. The highest BCUT2D eigenvalue weighted by atomic mass is 35.5. The normalized spacial score (nSPS) is 13.6. The molecule has 0 N–H and O–H groups in total. The van der Waals surface area contributed by atoms with Gasteiger partial charge < -0.3 is 0 Å². The number of carbonyl (C=O) groups excluding carboxylic acids is 1. The van der Waals surface area contributed by atoms with Crippen molar-refractivity contribution in [3.63, 3.8) is 0 Å². The molecule has 0 aromatic rings. The standard InChI is InChI=1S/C4H6ClOSi/c1-3(7)2-4(5)6/h3H,2H2,1H3/t3-/m0/s1. The Balaban J connectivity index is 3.13. The predicted octanol–water partition coefficient (Wildman–Crippen LogP) is 1.12. The zero-order valence-corrected chi connectivity index (χ0v) is 5.83. The summed E-state index contributed by atoms with van der Waals surface area (Å²) < 4.78 is 0. The van der Waals surface area contributed by atoms with Crippen molar-refractivity contribution in [3.05, 3.63) is 0 Å². The van der Waals surface area contributed by atoms with E-state index in [0.717, 1.165) is 0 Å². The molecule has 0 amide bonds. The van der Waals surface area contributed by atoms with Crippen LogP contribution in [0.15, 0.2) is 0 Å². The maximum atomic E-state index is 9.99. The van der Waals surface area contributed by atoms with Gasteiger partial charge in [0.1, 0.15) is 0 Å². The van der Waals surface area contributed by atoms with Crippen LogP contribution in [-0.4, -0.2) is 15.5 Å². The fourth-order valence-electron chi connectivity index (χ4n) is 0.241. The SMILES string of the molecule is C[C@H]([Si])CC(=O)Cl. The van der Waals surface area contributed by atoms with E-state index < -0.39 is 0 Å². The van der Waals surface area contributed by atoms with Gasteiger partial charge in [0.25, 0.3) is 0 Å². The van der Waals surface area contributed by atoms with Gasteiger partial charge in [-0.05, 0) is 17.1 Å². The van der Waals surface area contributed by atoms with E-state index in [9.17, 15) is 4.79 Å². The van der Waals surface area contributed by atoms with Gasteiger partial charge in [-0.15, -0.1) is 0 Å². The lowest BCUT2D eigenvalue weighted by Crippen LogP contribution is -1.91. The highest BCUT2D eigenvalue weighted by molar-refractivity contribution is 6.63. The Labute approximate surface area is 51.5 Å². The molecule has 0 rings (SSSR count). The molecule has 0 aliphatic heterocycles. The number of carbonyl (C=O) groups is 1. The molecule has 0 heterocycles. The van der Waals surface area contributed by atoms with E-state index >= 15 is 0 Å². The van der Waals surface area contributed by atoms with E-state index in [1.807, 2.05) is 6.92 Å². The molecular formula is C4H6ClOSi. The molecule has 0 fully saturated rings. The van der Waals surface area contributed by atoms with Crippen LogP contribution in [-0.2, 0) is 4.79 Å². The van der Waals surface area contributed by atoms with Crippen LogP contribution in [0.5, 0.6) is 0 Å². The summed E-state index contributed by atoms with van der Waals surface area (Å²) in [4.78, 5) is 9.99. The third-order valence-electron chi connectivity index (χ3n) is 0.467. The summed E-state index contributed by atoms with van der Waals surface area (Å²) >= 11 is 5.00. The van der Waals surface area contributed by atoms with E-state index in [0.29, 0.717) is 6.42 Å². The van der Waals surface area contributed by atoms with Crippen LogP contribution >= 0.6 is 11.6 Å². The maximum absolute atomic E-state index is 9.99. The van der Waals surface area contributed by atoms with Gasteiger partial charge >= 0.3 is 0 Å². The largest absolute Gasteiger partial charge is 0.281 e. The minimum absolute atomic E-state index is 0.199. The zero-order valence-electron chi connectivity index (χ0n) is 4.07. The smallest absolute Gasteiger partial charge is 0.221 e. The molecule has 3 radical (unpaired) electrons. The third-order valence-corrected chi connectivity index (χ3v) is 0.825. The van der Waals surface area contributed by atoms with Crippen LogP contribution in [0.3, 0.4) is 0 Å². The van der Waals surface area contributed by atoms with E-state index in [-0.39, 0.29) is 10.8 Å². The first kappa shape index (κ1) is 7.18. The lowest BCUT2D eigenvalue weighted by Gasteiger charge is -1.93. The van der Waals surface area contributed by atoms with Crippen LogP contribution in [0.1, 0.15) is 13.3 Å². The second-order valence-corrected chi connectivity index (χ2v) is 2.87. The van der Waals surface area contributed by atoms with Gasteiger partial charge in [-0.3, -0.25) is 4.79 Å². The highest BCUT2D eigenvalue weighted by Gasteiger charge is 1.98. The first-order valence-electron chi connectivity index (χ1n) is 2.02. The zero-order chi connectivity index (χ0) is 5.86. The van der Waals surface area contributed by atoms with E-state index in [2.05, 4.69) is 10.2 Å². The molecule has 0 aliphatic carbocycles. The van der Waals surface area contributed by atoms with E-state index in [4.69, 9.17) is 11.6 Å². The number of hydrogen-bond donors (Lipinski definition) is 0. The quantitative estimate of drug-likeness (QED) is 0.408. The minimum Gasteiger partial charge on any atom is -0.281 e. The Hall–Kier alpha value is 0.177. The summed E-state index contributed by atoms with van der Waals surface area (Å²) in [5.41, 5.74) is 0.199. The van der Waals surface area contributed by atoms with Crippen LogP contribution < -0.4 is 0 Å². The van der Waals surface area contributed by atoms with Crippen LogP contribution in [0, 0.1) is 0 Å². The fraction of sp³-hybridized carbons (Fsp3) is 0.750. The molecule has 0 saturated carbocycles. The molecule has 1 nitrogen and oxygen atoms in total.